The van der Waals surface area contributed by atoms with Crippen LogP contribution in [0.15, 0.2) is 23.1 Å². The van der Waals surface area contributed by atoms with Gasteiger partial charge in [-0.15, -0.1) is 0 Å². The van der Waals surface area contributed by atoms with Crippen molar-refractivity contribution in [3.8, 4) is 11.5 Å². The Morgan fingerprint density at radius 3 is 2.83 bits per heavy atom. The molecule has 0 radical (unpaired) electrons. The molecule has 0 aromatic heterocycles. The number of thioether (sulfide) groups is 1. The van der Waals surface area contributed by atoms with Crippen LogP contribution < -0.4 is 10.1 Å². The zero-order valence-corrected chi connectivity index (χ0v) is 12.0. The number of ether oxygens (including phenoxy) is 1. The van der Waals surface area contributed by atoms with E-state index in [0.717, 1.165) is 4.91 Å². The summed E-state index contributed by atoms with van der Waals surface area (Å²) in [5.41, 5.74) is 0.664. The summed E-state index contributed by atoms with van der Waals surface area (Å²) in [6, 6.07) is 5.35. The summed E-state index contributed by atoms with van der Waals surface area (Å²) in [5, 5.41) is 12.9. The average molecular weight is 297 g/mol. The van der Waals surface area contributed by atoms with Crippen LogP contribution in [0, 0.1) is 0 Å². The van der Waals surface area contributed by atoms with Crippen molar-refractivity contribution < 1.29 is 9.84 Å². The number of rotatable bonds is 3. The van der Waals surface area contributed by atoms with Crippen molar-refractivity contribution in [1.29, 1.82) is 0 Å². The first-order valence-electron chi connectivity index (χ1n) is 5.31. The van der Waals surface area contributed by atoms with Crippen LogP contribution in [0.5, 0.6) is 11.5 Å². The first-order valence-corrected chi connectivity index (χ1v) is 6.94. The Morgan fingerprint density at radius 1 is 1.44 bits per heavy atom. The third-order valence-corrected chi connectivity index (χ3v) is 3.89. The van der Waals surface area contributed by atoms with E-state index in [4.69, 9.17) is 29.2 Å². The van der Waals surface area contributed by atoms with E-state index in [1.807, 2.05) is 13.0 Å². The van der Waals surface area contributed by atoms with Crippen molar-refractivity contribution in [2.45, 2.75) is 6.92 Å². The van der Waals surface area contributed by atoms with Gasteiger partial charge in [0.25, 0.3) is 0 Å². The second-order valence-electron chi connectivity index (χ2n) is 3.48. The van der Waals surface area contributed by atoms with Crippen LogP contribution in [-0.4, -0.2) is 21.0 Å². The Bertz CT molecular complexity index is 540. The van der Waals surface area contributed by atoms with Gasteiger partial charge in [-0.05, 0) is 19.1 Å². The van der Waals surface area contributed by atoms with Gasteiger partial charge in [0, 0.05) is 5.56 Å². The predicted molar refractivity (Wildman–Crippen MR) is 83.2 cm³/mol. The third kappa shape index (κ3) is 2.82. The second kappa shape index (κ2) is 5.69. The smallest absolute Gasteiger partial charge is 0.165 e. The highest BCUT2D eigenvalue weighted by molar-refractivity contribution is 8.27. The molecule has 0 saturated carbocycles. The molecule has 0 atom stereocenters. The number of aromatic hydroxyl groups is 1. The molecule has 94 valence electrons. The minimum atomic E-state index is 0.119. The fourth-order valence-electron chi connectivity index (χ4n) is 1.49. The van der Waals surface area contributed by atoms with Gasteiger partial charge < -0.3 is 15.2 Å². The highest BCUT2D eigenvalue weighted by Gasteiger charge is 2.19. The Morgan fingerprint density at radius 2 is 2.22 bits per heavy atom. The molecule has 2 N–H and O–H groups in total. The molecule has 2 rings (SSSR count). The van der Waals surface area contributed by atoms with Gasteiger partial charge in [0.15, 0.2) is 11.5 Å². The average Bonchev–Trinajstić information content (AvgIpc) is 2.63. The number of hydrogen-bond donors (Lipinski definition) is 2. The van der Waals surface area contributed by atoms with Gasteiger partial charge in [-0.3, -0.25) is 0 Å². The Hall–Kier alpha value is -1.11. The number of benzene rings is 1. The summed E-state index contributed by atoms with van der Waals surface area (Å²) in [6.07, 6.45) is 1.80. The largest absolute Gasteiger partial charge is 0.504 e. The van der Waals surface area contributed by atoms with Crippen molar-refractivity contribution in [3.05, 3.63) is 28.7 Å². The number of phenols is 1. The molecule has 1 aromatic carbocycles. The summed E-state index contributed by atoms with van der Waals surface area (Å²) in [4.78, 5) is 1.42. The third-order valence-electron chi connectivity index (χ3n) is 2.26. The van der Waals surface area contributed by atoms with E-state index in [-0.39, 0.29) is 5.75 Å². The molecule has 0 amide bonds. The predicted octanol–water partition coefficient (Wildman–Crippen LogP) is 3.08. The maximum Gasteiger partial charge on any atom is 0.165 e. The van der Waals surface area contributed by atoms with Gasteiger partial charge in [-0.25, -0.2) is 0 Å². The Balaban J connectivity index is 2.35. The van der Waals surface area contributed by atoms with Crippen LogP contribution >= 0.6 is 36.2 Å². The van der Waals surface area contributed by atoms with E-state index in [2.05, 4.69) is 5.32 Å². The summed E-state index contributed by atoms with van der Waals surface area (Å²) in [5.74, 6) is 0.587. The SMILES string of the molecule is CCOc1cccc(C=C2SC(=S)NC2=S)c1O. The van der Waals surface area contributed by atoms with Crippen molar-refractivity contribution in [2.24, 2.45) is 0 Å². The quantitative estimate of drug-likeness (QED) is 0.660. The molecule has 0 unspecified atom stereocenters. The molecule has 1 saturated heterocycles. The highest BCUT2D eigenvalue weighted by Crippen LogP contribution is 2.34. The lowest BCUT2D eigenvalue weighted by atomic mass is 10.1. The molecule has 1 fully saturated rings. The monoisotopic (exact) mass is 297 g/mol. The molecule has 18 heavy (non-hydrogen) atoms. The van der Waals surface area contributed by atoms with Crippen LogP contribution in [0.25, 0.3) is 6.08 Å². The van der Waals surface area contributed by atoms with Crippen molar-refractivity contribution in [2.75, 3.05) is 6.61 Å². The van der Waals surface area contributed by atoms with E-state index in [0.29, 0.717) is 27.2 Å². The second-order valence-corrected chi connectivity index (χ2v) is 5.61. The lowest BCUT2D eigenvalue weighted by Crippen LogP contribution is -2.15. The Kier molecular flexibility index (Phi) is 4.21. The van der Waals surface area contributed by atoms with Crippen LogP contribution in [0.2, 0.25) is 0 Å². The number of hydrogen-bond acceptors (Lipinski definition) is 5. The molecule has 0 spiro atoms. The normalized spacial score (nSPS) is 17.1. The molecule has 1 aromatic rings. The summed E-state index contributed by atoms with van der Waals surface area (Å²) in [7, 11) is 0. The van der Waals surface area contributed by atoms with E-state index < -0.39 is 0 Å². The van der Waals surface area contributed by atoms with E-state index in [1.165, 1.54) is 11.8 Å². The lowest BCUT2D eigenvalue weighted by molar-refractivity contribution is 0.318. The standard InChI is InChI=1S/C12H11NO2S3/c1-2-15-8-5-3-4-7(10(8)14)6-9-11(16)13-12(17)18-9/h3-6,14H,2H2,1H3,(H,13,16,17). The van der Waals surface area contributed by atoms with Gasteiger partial charge in [0.2, 0.25) is 0 Å². The number of para-hydroxylation sites is 1. The zero-order valence-electron chi connectivity index (χ0n) is 9.60. The minimum Gasteiger partial charge on any atom is -0.504 e. The summed E-state index contributed by atoms with van der Waals surface area (Å²) in [6.45, 7) is 2.38. The van der Waals surface area contributed by atoms with Gasteiger partial charge in [-0.2, -0.15) is 0 Å². The lowest BCUT2D eigenvalue weighted by Gasteiger charge is -2.07. The van der Waals surface area contributed by atoms with Crippen LogP contribution in [-0.2, 0) is 0 Å². The molecule has 0 bridgehead atoms. The fraction of sp³-hybridized carbons (Fsp3) is 0.167. The molecule has 0 aliphatic carbocycles. The van der Waals surface area contributed by atoms with Gasteiger partial charge in [-0.1, -0.05) is 48.3 Å². The van der Waals surface area contributed by atoms with Crippen LogP contribution in [0.1, 0.15) is 12.5 Å². The van der Waals surface area contributed by atoms with Crippen LogP contribution in [0.4, 0.5) is 0 Å². The Labute approximate surface area is 120 Å². The molecular weight excluding hydrogens is 286 g/mol. The first-order chi connectivity index (χ1) is 8.61. The van der Waals surface area contributed by atoms with E-state index in [9.17, 15) is 5.11 Å². The maximum absolute atomic E-state index is 10.1. The van der Waals surface area contributed by atoms with Gasteiger partial charge in [0.1, 0.15) is 9.31 Å². The molecule has 1 aliphatic rings. The molecule has 1 aliphatic heterocycles. The van der Waals surface area contributed by atoms with Crippen molar-refractivity contribution >= 4 is 51.6 Å². The van der Waals surface area contributed by atoms with E-state index >= 15 is 0 Å². The molecule has 1 heterocycles. The minimum absolute atomic E-state index is 0.119. The van der Waals surface area contributed by atoms with E-state index in [1.54, 1.807) is 18.2 Å². The number of phenolic OH excluding ortho intramolecular Hbond substituents is 1. The first kappa shape index (κ1) is 13.3. The summed E-state index contributed by atoms with van der Waals surface area (Å²) >= 11 is 11.6. The highest BCUT2D eigenvalue weighted by atomic mass is 32.2. The zero-order chi connectivity index (χ0) is 13.1. The van der Waals surface area contributed by atoms with Crippen molar-refractivity contribution in [1.82, 2.24) is 5.32 Å². The van der Waals surface area contributed by atoms with Gasteiger partial charge >= 0.3 is 0 Å². The number of nitrogens with one attached hydrogen (secondary N) is 1. The maximum atomic E-state index is 10.1. The summed E-state index contributed by atoms with van der Waals surface area (Å²) < 4.78 is 5.96. The fourth-order valence-corrected chi connectivity index (χ4v) is 2.96. The molecule has 6 heteroatoms. The number of thiocarbonyl (C=S) groups is 2. The van der Waals surface area contributed by atoms with Gasteiger partial charge in [0.05, 0.1) is 11.5 Å². The molecule has 3 nitrogen and oxygen atoms in total. The van der Waals surface area contributed by atoms with Crippen LogP contribution in [0.3, 0.4) is 0 Å². The van der Waals surface area contributed by atoms with Crippen molar-refractivity contribution in [3.63, 3.8) is 0 Å². The molecular formula is C12H11NO2S3. The topological polar surface area (TPSA) is 41.5 Å².